The molecule has 1 aliphatic carbocycles. The zero-order chi connectivity index (χ0) is 24.9. The molecule has 3 N–H and O–H groups in total. The molecule has 3 amide bonds. The molecule has 1 saturated heterocycles. The molecule has 35 heavy (non-hydrogen) atoms. The number of aryl methyl sites for hydroxylation is 1. The van der Waals surface area contributed by atoms with E-state index in [9.17, 15) is 19.5 Å². The molecule has 0 radical (unpaired) electrons. The quantitative estimate of drug-likeness (QED) is 0.570. The molecule has 0 saturated carbocycles. The Morgan fingerprint density at radius 3 is 2.51 bits per heavy atom. The van der Waals surface area contributed by atoms with Gasteiger partial charge in [0.2, 0.25) is 17.7 Å². The van der Waals surface area contributed by atoms with Crippen LogP contribution in [0.4, 0.5) is 0 Å². The number of nitrogens with one attached hydrogen (secondary N) is 2. The van der Waals surface area contributed by atoms with Gasteiger partial charge in [-0.05, 0) is 60.9 Å². The summed E-state index contributed by atoms with van der Waals surface area (Å²) in [7, 11) is 0. The number of aromatic hydroxyl groups is 1. The molecule has 0 unspecified atom stereocenters. The maximum absolute atomic E-state index is 13.7. The molecular weight excluding hydrogens is 442 g/mol. The Morgan fingerprint density at radius 2 is 1.77 bits per heavy atom. The summed E-state index contributed by atoms with van der Waals surface area (Å²) in [5.41, 5.74) is 3.26. The average molecular weight is 478 g/mol. The van der Waals surface area contributed by atoms with Gasteiger partial charge in [-0.15, -0.1) is 0 Å². The van der Waals surface area contributed by atoms with Gasteiger partial charge in [0.15, 0.2) is 0 Å². The first-order valence-corrected chi connectivity index (χ1v) is 12.6. The van der Waals surface area contributed by atoms with Crippen molar-refractivity contribution < 1.29 is 19.5 Å². The number of carbonyl (C=O) groups is 3. The van der Waals surface area contributed by atoms with Crippen LogP contribution in [0.2, 0.25) is 0 Å². The number of phenolic OH excluding ortho intramolecular Hbond substituents is 1. The summed E-state index contributed by atoms with van der Waals surface area (Å²) in [6.45, 7) is 4.05. The van der Waals surface area contributed by atoms with E-state index in [2.05, 4.69) is 22.8 Å². The summed E-state index contributed by atoms with van der Waals surface area (Å²) in [4.78, 5) is 41.2. The number of hydrogen-bond acceptors (Lipinski definition) is 4. The fraction of sp³-hybridized carbons (Fsp3) is 0.464. The molecule has 2 aromatic rings. The lowest BCUT2D eigenvalue weighted by Gasteiger charge is -2.32. The van der Waals surface area contributed by atoms with Crippen LogP contribution in [0.25, 0.3) is 0 Å². The Labute approximate surface area is 206 Å². The third-order valence-electron chi connectivity index (χ3n) is 7.04. The third kappa shape index (κ3) is 5.84. The van der Waals surface area contributed by atoms with Crippen molar-refractivity contribution in [2.24, 2.45) is 5.92 Å². The second kappa shape index (κ2) is 10.9. The predicted octanol–water partition coefficient (Wildman–Crippen LogP) is 3.26. The molecule has 2 aliphatic rings. The Morgan fingerprint density at radius 1 is 1.03 bits per heavy atom. The van der Waals surface area contributed by atoms with Crippen LogP contribution in [0.3, 0.4) is 0 Å². The lowest BCUT2D eigenvalue weighted by atomic mass is 9.87. The zero-order valence-electron chi connectivity index (χ0n) is 20.5. The van der Waals surface area contributed by atoms with Crippen molar-refractivity contribution >= 4 is 17.7 Å². The molecule has 1 heterocycles. The maximum Gasteiger partial charge on any atom is 0.246 e. The highest BCUT2D eigenvalue weighted by molar-refractivity contribution is 5.93. The minimum Gasteiger partial charge on any atom is -0.508 e. The van der Waals surface area contributed by atoms with Crippen molar-refractivity contribution in [3.63, 3.8) is 0 Å². The van der Waals surface area contributed by atoms with Gasteiger partial charge < -0.3 is 20.6 Å². The minimum atomic E-state index is -0.779. The number of carbonyl (C=O) groups excluding carboxylic acids is 3. The molecule has 0 aromatic heterocycles. The molecule has 186 valence electrons. The van der Waals surface area contributed by atoms with E-state index in [1.165, 1.54) is 5.56 Å². The number of benzene rings is 2. The molecule has 1 aliphatic heterocycles. The smallest absolute Gasteiger partial charge is 0.246 e. The standard InChI is InChI=1S/C28H35N3O4/c1-18(2)26(33)30-24(17-19-12-14-21(32)15-13-19)28(35)31-16-6-11-25(31)27(34)29-23-10-5-8-20-7-3-4-9-22(20)23/h3-4,7,9,12-15,18,23-25,32H,5-6,8,10-11,16-17H2,1-2H3,(H,29,34)(H,30,33)/t23-,24+,25+/m1/s1. The fourth-order valence-corrected chi connectivity index (χ4v) is 5.08. The second-order valence-corrected chi connectivity index (χ2v) is 9.93. The SMILES string of the molecule is CC(C)C(=O)N[C@@H](Cc1ccc(O)cc1)C(=O)N1CCC[C@H]1C(=O)N[C@@H]1CCCc2ccccc21. The first-order valence-electron chi connectivity index (χ1n) is 12.6. The summed E-state index contributed by atoms with van der Waals surface area (Å²) in [5, 5.41) is 15.7. The molecular formula is C28H35N3O4. The van der Waals surface area contributed by atoms with E-state index in [4.69, 9.17) is 0 Å². The Hall–Kier alpha value is -3.35. The molecule has 2 aromatic carbocycles. The Bertz CT molecular complexity index is 1070. The van der Waals surface area contributed by atoms with Gasteiger partial charge in [0.25, 0.3) is 0 Å². The van der Waals surface area contributed by atoms with Crippen molar-refractivity contribution in [1.82, 2.24) is 15.5 Å². The largest absolute Gasteiger partial charge is 0.508 e. The number of phenols is 1. The number of hydrogen-bond donors (Lipinski definition) is 3. The molecule has 7 nitrogen and oxygen atoms in total. The first kappa shape index (κ1) is 24.8. The summed E-state index contributed by atoms with van der Waals surface area (Å²) in [5.74, 6) is -0.705. The van der Waals surface area contributed by atoms with Gasteiger partial charge in [-0.2, -0.15) is 0 Å². The molecule has 7 heteroatoms. The van der Waals surface area contributed by atoms with E-state index < -0.39 is 12.1 Å². The minimum absolute atomic E-state index is 0.0431. The summed E-state index contributed by atoms with van der Waals surface area (Å²) in [6.07, 6.45) is 4.57. The van der Waals surface area contributed by atoms with Crippen LogP contribution in [0, 0.1) is 5.92 Å². The van der Waals surface area contributed by atoms with Crippen molar-refractivity contribution in [2.75, 3.05) is 6.54 Å². The zero-order valence-corrected chi connectivity index (χ0v) is 20.5. The topological polar surface area (TPSA) is 98.7 Å². The molecule has 3 atom stereocenters. The van der Waals surface area contributed by atoms with Gasteiger partial charge in [-0.1, -0.05) is 50.2 Å². The Balaban J connectivity index is 1.49. The van der Waals surface area contributed by atoms with Crippen molar-refractivity contribution in [2.45, 2.75) is 70.5 Å². The van der Waals surface area contributed by atoms with Crippen LogP contribution in [0.15, 0.2) is 48.5 Å². The lowest BCUT2D eigenvalue weighted by Crippen LogP contribution is -2.55. The van der Waals surface area contributed by atoms with E-state index in [1.807, 2.05) is 12.1 Å². The van der Waals surface area contributed by atoms with Gasteiger partial charge >= 0.3 is 0 Å². The monoisotopic (exact) mass is 477 g/mol. The van der Waals surface area contributed by atoms with E-state index >= 15 is 0 Å². The Kier molecular flexibility index (Phi) is 7.73. The van der Waals surface area contributed by atoms with Crippen LogP contribution in [0.1, 0.15) is 62.3 Å². The highest BCUT2D eigenvalue weighted by Crippen LogP contribution is 2.30. The average Bonchev–Trinajstić information content (AvgIpc) is 3.35. The number of nitrogens with zero attached hydrogens (tertiary/aromatic N) is 1. The van der Waals surface area contributed by atoms with Crippen molar-refractivity contribution in [3.05, 3.63) is 65.2 Å². The molecule has 4 rings (SSSR count). The number of likely N-dealkylation sites (tertiary alicyclic amines) is 1. The van der Waals surface area contributed by atoms with Gasteiger partial charge in [-0.25, -0.2) is 0 Å². The van der Waals surface area contributed by atoms with Gasteiger partial charge in [0, 0.05) is 18.9 Å². The number of amides is 3. The summed E-state index contributed by atoms with van der Waals surface area (Å²) < 4.78 is 0. The lowest BCUT2D eigenvalue weighted by molar-refractivity contribution is -0.142. The van der Waals surface area contributed by atoms with Crippen LogP contribution in [0.5, 0.6) is 5.75 Å². The summed E-state index contributed by atoms with van der Waals surface area (Å²) >= 11 is 0. The van der Waals surface area contributed by atoms with E-state index in [0.29, 0.717) is 19.4 Å². The number of fused-ring (bicyclic) bond motifs is 1. The van der Waals surface area contributed by atoms with E-state index in [1.54, 1.807) is 43.0 Å². The predicted molar refractivity (Wildman–Crippen MR) is 134 cm³/mol. The van der Waals surface area contributed by atoms with Crippen LogP contribution in [-0.4, -0.2) is 46.4 Å². The van der Waals surface area contributed by atoms with Gasteiger partial charge in [0.05, 0.1) is 6.04 Å². The van der Waals surface area contributed by atoms with Crippen molar-refractivity contribution in [1.29, 1.82) is 0 Å². The highest BCUT2D eigenvalue weighted by atomic mass is 16.3. The van der Waals surface area contributed by atoms with Crippen LogP contribution >= 0.6 is 0 Å². The van der Waals surface area contributed by atoms with Crippen LogP contribution < -0.4 is 10.6 Å². The first-order chi connectivity index (χ1) is 16.8. The molecule has 0 spiro atoms. The van der Waals surface area contributed by atoms with E-state index in [0.717, 1.165) is 36.8 Å². The molecule has 0 bridgehead atoms. The summed E-state index contributed by atoms with van der Waals surface area (Å²) in [6, 6.07) is 13.5. The maximum atomic E-state index is 13.7. The second-order valence-electron chi connectivity index (χ2n) is 9.93. The van der Waals surface area contributed by atoms with Crippen LogP contribution in [-0.2, 0) is 27.2 Å². The van der Waals surface area contributed by atoms with Gasteiger partial charge in [-0.3, -0.25) is 14.4 Å². The number of rotatable bonds is 7. The highest BCUT2D eigenvalue weighted by Gasteiger charge is 2.38. The third-order valence-corrected chi connectivity index (χ3v) is 7.04. The van der Waals surface area contributed by atoms with Crippen molar-refractivity contribution in [3.8, 4) is 5.75 Å². The normalized spacial score (nSPS) is 20.3. The van der Waals surface area contributed by atoms with Gasteiger partial charge in [0.1, 0.15) is 17.8 Å². The fourth-order valence-electron chi connectivity index (χ4n) is 5.08. The molecule has 1 fully saturated rings. The van der Waals surface area contributed by atoms with E-state index in [-0.39, 0.29) is 35.4 Å².